The molecule has 1 aromatic heterocycles. The first-order valence-electron chi connectivity index (χ1n) is 9.18. The monoisotopic (exact) mass is 331 g/mol. The normalized spacial score (nSPS) is 25.7. The molecule has 2 fully saturated rings. The molecule has 0 spiro atoms. The van der Waals surface area contributed by atoms with E-state index >= 15 is 0 Å². The minimum absolute atomic E-state index is 0.0944. The average molecular weight is 331 g/mol. The van der Waals surface area contributed by atoms with Gasteiger partial charge in [0.15, 0.2) is 0 Å². The van der Waals surface area contributed by atoms with Crippen LogP contribution < -0.4 is 16.2 Å². The van der Waals surface area contributed by atoms with Crippen LogP contribution in [-0.4, -0.2) is 48.0 Å². The summed E-state index contributed by atoms with van der Waals surface area (Å²) in [5.41, 5.74) is 7.26. The van der Waals surface area contributed by atoms with Crippen LogP contribution in [-0.2, 0) is 4.79 Å². The largest absolute Gasteiger partial charge is 0.354 e. The summed E-state index contributed by atoms with van der Waals surface area (Å²) in [5.74, 6) is 0.708. The van der Waals surface area contributed by atoms with Crippen molar-refractivity contribution in [1.82, 2.24) is 26.1 Å². The number of nitrogens with one attached hydrogen (secondary N) is 3. The molecule has 0 bridgehead atoms. The first-order chi connectivity index (χ1) is 11.8. The molecule has 2 unspecified atom stereocenters. The second-order valence-electron chi connectivity index (χ2n) is 6.91. The molecular weight excluding hydrogens is 302 g/mol. The van der Waals surface area contributed by atoms with E-state index in [0.717, 1.165) is 18.7 Å². The number of hydrogen-bond acceptors (Lipinski definition) is 5. The summed E-state index contributed by atoms with van der Waals surface area (Å²) < 4.78 is 0. The number of pyridine rings is 1. The number of likely N-dealkylation sites (tertiary alicyclic amines) is 1. The van der Waals surface area contributed by atoms with E-state index in [-0.39, 0.29) is 18.0 Å². The SMILES string of the molecule is CCCN1CCC(CNC(=O)C2CC(c3ccccn3)NN2)CC1. The van der Waals surface area contributed by atoms with Crippen molar-refractivity contribution in [3.63, 3.8) is 0 Å². The van der Waals surface area contributed by atoms with E-state index in [0.29, 0.717) is 5.92 Å². The van der Waals surface area contributed by atoms with E-state index in [1.165, 1.54) is 38.9 Å². The lowest BCUT2D eigenvalue weighted by atomic mass is 9.96. The summed E-state index contributed by atoms with van der Waals surface area (Å²) in [6.45, 7) is 6.56. The van der Waals surface area contributed by atoms with Crippen LogP contribution in [0.4, 0.5) is 0 Å². The number of nitrogens with zero attached hydrogens (tertiary/aromatic N) is 2. The quantitative estimate of drug-likeness (QED) is 0.731. The van der Waals surface area contributed by atoms with E-state index in [1.54, 1.807) is 6.20 Å². The third kappa shape index (κ3) is 4.53. The molecule has 132 valence electrons. The summed E-state index contributed by atoms with van der Waals surface area (Å²) in [7, 11) is 0. The minimum atomic E-state index is -0.183. The Kier molecular flexibility index (Phi) is 6.18. The number of aromatic nitrogens is 1. The average Bonchev–Trinajstić information content (AvgIpc) is 3.12. The van der Waals surface area contributed by atoms with E-state index < -0.39 is 0 Å². The third-order valence-corrected chi connectivity index (χ3v) is 5.08. The first-order valence-corrected chi connectivity index (χ1v) is 9.18. The second kappa shape index (κ2) is 8.55. The van der Waals surface area contributed by atoms with Crippen LogP contribution in [0.1, 0.15) is 44.3 Å². The van der Waals surface area contributed by atoms with Crippen molar-refractivity contribution >= 4 is 5.91 Å². The van der Waals surface area contributed by atoms with Gasteiger partial charge in [0.2, 0.25) is 5.91 Å². The molecule has 3 N–H and O–H groups in total. The van der Waals surface area contributed by atoms with E-state index in [9.17, 15) is 4.79 Å². The standard InChI is InChI=1S/C18H29N5O/c1-2-9-23-10-6-14(7-11-23)13-20-18(24)17-12-16(21-22-17)15-5-3-4-8-19-15/h3-5,8,14,16-17,21-22H,2,6-7,9-13H2,1H3,(H,20,24). The van der Waals surface area contributed by atoms with Crippen molar-refractivity contribution in [3.8, 4) is 0 Å². The van der Waals surface area contributed by atoms with Crippen LogP contribution >= 0.6 is 0 Å². The lowest BCUT2D eigenvalue weighted by Gasteiger charge is -2.31. The van der Waals surface area contributed by atoms with Gasteiger partial charge in [0.1, 0.15) is 6.04 Å². The highest BCUT2D eigenvalue weighted by Crippen LogP contribution is 2.20. The molecule has 1 amide bonds. The molecule has 0 aliphatic carbocycles. The van der Waals surface area contributed by atoms with Gasteiger partial charge < -0.3 is 10.2 Å². The van der Waals surface area contributed by atoms with Crippen molar-refractivity contribution in [2.24, 2.45) is 5.92 Å². The summed E-state index contributed by atoms with van der Waals surface area (Å²) >= 11 is 0. The zero-order chi connectivity index (χ0) is 16.8. The Bertz CT molecular complexity index is 515. The number of rotatable bonds is 6. The van der Waals surface area contributed by atoms with Gasteiger partial charge in [-0.3, -0.25) is 9.78 Å². The van der Waals surface area contributed by atoms with Gasteiger partial charge in [0.05, 0.1) is 11.7 Å². The predicted molar refractivity (Wildman–Crippen MR) is 94.1 cm³/mol. The molecule has 6 heteroatoms. The fraction of sp³-hybridized carbons (Fsp3) is 0.667. The molecule has 24 heavy (non-hydrogen) atoms. The number of hydrazine groups is 1. The van der Waals surface area contributed by atoms with Gasteiger partial charge in [-0.15, -0.1) is 0 Å². The smallest absolute Gasteiger partial charge is 0.238 e. The third-order valence-electron chi connectivity index (χ3n) is 5.08. The zero-order valence-corrected chi connectivity index (χ0v) is 14.5. The number of hydrogen-bond donors (Lipinski definition) is 3. The van der Waals surface area contributed by atoms with Gasteiger partial charge in [0.25, 0.3) is 0 Å². The first kappa shape index (κ1) is 17.3. The topological polar surface area (TPSA) is 69.3 Å². The molecular formula is C18H29N5O. The minimum Gasteiger partial charge on any atom is -0.354 e. The Hall–Kier alpha value is -1.50. The van der Waals surface area contributed by atoms with Gasteiger partial charge in [-0.1, -0.05) is 13.0 Å². The summed E-state index contributed by atoms with van der Waals surface area (Å²) in [4.78, 5) is 19.3. The van der Waals surface area contributed by atoms with Gasteiger partial charge in [-0.25, -0.2) is 10.9 Å². The lowest BCUT2D eigenvalue weighted by Crippen LogP contribution is -2.45. The molecule has 2 aliphatic heterocycles. The number of carbonyl (C=O) groups excluding carboxylic acids is 1. The molecule has 0 radical (unpaired) electrons. The molecule has 3 heterocycles. The number of carbonyl (C=O) groups is 1. The molecule has 1 aromatic rings. The van der Waals surface area contributed by atoms with Crippen LogP contribution in [0.2, 0.25) is 0 Å². The van der Waals surface area contributed by atoms with Crippen LogP contribution in [0.25, 0.3) is 0 Å². The molecule has 0 saturated carbocycles. The lowest BCUT2D eigenvalue weighted by molar-refractivity contribution is -0.123. The molecule has 0 aromatic carbocycles. The Balaban J connectivity index is 1.39. The predicted octanol–water partition coefficient (Wildman–Crippen LogP) is 1.23. The molecule has 2 aliphatic rings. The Morgan fingerprint density at radius 2 is 2.17 bits per heavy atom. The Morgan fingerprint density at radius 3 is 2.88 bits per heavy atom. The fourth-order valence-corrected chi connectivity index (χ4v) is 3.60. The second-order valence-corrected chi connectivity index (χ2v) is 6.91. The fourth-order valence-electron chi connectivity index (χ4n) is 3.60. The Morgan fingerprint density at radius 1 is 1.33 bits per heavy atom. The number of amides is 1. The van der Waals surface area contributed by atoms with Crippen LogP contribution in [0.15, 0.2) is 24.4 Å². The molecule has 3 rings (SSSR count). The highest BCUT2D eigenvalue weighted by Gasteiger charge is 2.31. The zero-order valence-electron chi connectivity index (χ0n) is 14.5. The van der Waals surface area contributed by atoms with Gasteiger partial charge in [-0.05, 0) is 63.4 Å². The van der Waals surface area contributed by atoms with Crippen molar-refractivity contribution in [3.05, 3.63) is 30.1 Å². The highest BCUT2D eigenvalue weighted by atomic mass is 16.2. The van der Waals surface area contributed by atoms with Crippen molar-refractivity contribution in [2.75, 3.05) is 26.2 Å². The molecule has 6 nitrogen and oxygen atoms in total. The van der Waals surface area contributed by atoms with Crippen LogP contribution in [0.3, 0.4) is 0 Å². The van der Waals surface area contributed by atoms with E-state index in [4.69, 9.17) is 0 Å². The Labute approximate surface area is 144 Å². The van der Waals surface area contributed by atoms with Crippen LogP contribution in [0.5, 0.6) is 0 Å². The van der Waals surface area contributed by atoms with Crippen LogP contribution in [0, 0.1) is 5.92 Å². The van der Waals surface area contributed by atoms with Gasteiger partial charge >= 0.3 is 0 Å². The van der Waals surface area contributed by atoms with Crippen molar-refractivity contribution in [1.29, 1.82) is 0 Å². The van der Waals surface area contributed by atoms with E-state index in [1.807, 2.05) is 18.2 Å². The van der Waals surface area contributed by atoms with Crippen molar-refractivity contribution in [2.45, 2.75) is 44.7 Å². The van der Waals surface area contributed by atoms with Gasteiger partial charge in [0, 0.05) is 12.7 Å². The van der Waals surface area contributed by atoms with Gasteiger partial charge in [-0.2, -0.15) is 0 Å². The summed E-state index contributed by atoms with van der Waals surface area (Å²) in [6, 6.07) is 5.78. The van der Waals surface area contributed by atoms with Crippen molar-refractivity contribution < 1.29 is 4.79 Å². The number of piperidine rings is 1. The summed E-state index contributed by atoms with van der Waals surface area (Å²) in [5, 5.41) is 3.13. The highest BCUT2D eigenvalue weighted by molar-refractivity contribution is 5.82. The maximum atomic E-state index is 12.4. The molecule has 2 atom stereocenters. The molecule has 2 saturated heterocycles. The van der Waals surface area contributed by atoms with E-state index in [2.05, 4.69) is 33.0 Å². The summed E-state index contributed by atoms with van der Waals surface area (Å²) in [6.07, 6.45) is 6.12. The maximum Gasteiger partial charge on any atom is 0.238 e. The maximum absolute atomic E-state index is 12.4.